The summed E-state index contributed by atoms with van der Waals surface area (Å²) in [6.07, 6.45) is -2.70. The molecule has 4 nitrogen and oxygen atoms in total. The van der Waals surface area contributed by atoms with Gasteiger partial charge in [0.15, 0.2) is 0 Å². The first-order valence-electron chi connectivity index (χ1n) is 11.1. The zero-order valence-electron chi connectivity index (χ0n) is 19.3. The van der Waals surface area contributed by atoms with Gasteiger partial charge in [-0.15, -0.1) is 0 Å². The molecule has 8 heteroatoms. The Hall–Kier alpha value is -2.25. The van der Waals surface area contributed by atoms with Crippen LogP contribution in [0.3, 0.4) is 0 Å². The standard InChI is InChI=1S/C23H25ClF3NO3.C2H6/c1-30-21(29)22(16-17-6-8-18(24)9-7-17)10-12-28(13-11-22)14-15-31-20-5-3-2-4-19(20)23(25,26)27;1-2/h2-9H,10-16H2,1H3;1-2H3. The molecule has 0 bridgehead atoms. The molecule has 1 aliphatic rings. The zero-order chi connectivity index (χ0) is 24.5. The van der Waals surface area contributed by atoms with Crippen LogP contribution in [-0.4, -0.2) is 44.2 Å². The number of benzene rings is 2. The smallest absolute Gasteiger partial charge is 0.419 e. The number of alkyl halides is 3. The molecule has 1 fully saturated rings. The highest BCUT2D eigenvalue weighted by atomic mass is 35.5. The molecule has 3 rings (SSSR count). The molecule has 0 aliphatic carbocycles. The van der Waals surface area contributed by atoms with Crippen molar-refractivity contribution in [1.29, 1.82) is 0 Å². The van der Waals surface area contributed by atoms with Crippen LogP contribution in [0, 0.1) is 5.41 Å². The van der Waals surface area contributed by atoms with Crippen molar-refractivity contribution in [3.05, 3.63) is 64.7 Å². The van der Waals surface area contributed by atoms with Crippen LogP contribution in [0.5, 0.6) is 5.75 Å². The summed E-state index contributed by atoms with van der Waals surface area (Å²) >= 11 is 5.95. The lowest BCUT2D eigenvalue weighted by Gasteiger charge is -2.39. The van der Waals surface area contributed by atoms with Crippen molar-refractivity contribution in [2.24, 2.45) is 5.41 Å². The zero-order valence-corrected chi connectivity index (χ0v) is 20.0. The number of piperidine rings is 1. The number of halogens is 4. The largest absolute Gasteiger partial charge is 0.492 e. The maximum absolute atomic E-state index is 13.1. The molecule has 2 aromatic rings. The summed E-state index contributed by atoms with van der Waals surface area (Å²) in [7, 11) is 1.39. The molecule has 0 N–H and O–H groups in total. The molecular formula is C25H31ClF3NO3. The number of hydrogen-bond donors (Lipinski definition) is 0. The van der Waals surface area contributed by atoms with E-state index in [9.17, 15) is 18.0 Å². The average Bonchev–Trinajstić information content (AvgIpc) is 2.82. The molecule has 33 heavy (non-hydrogen) atoms. The second-order valence-corrected chi connectivity index (χ2v) is 8.20. The van der Waals surface area contributed by atoms with Crippen molar-refractivity contribution in [1.82, 2.24) is 4.90 Å². The van der Waals surface area contributed by atoms with Crippen LogP contribution in [-0.2, 0) is 22.1 Å². The minimum atomic E-state index is -4.45. The van der Waals surface area contributed by atoms with E-state index in [0.29, 0.717) is 43.9 Å². The van der Waals surface area contributed by atoms with E-state index in [0.717, 1.165) is 11.6 Å². The Kier molecular flexibility index (Phi) is 10.0. The van der Waals surface area contributed by atoms with Crippen LogP contribution >= 0.6 is 11.6 Å². The molecule has 0 spiro atoms. The molecular weight excluding hydrogens is 455 g/mol. The quantitative estimate of drug-likeness (QED) is 0.434. The van der Waals surface area contributed by atoms with E-state index in [1.165, 1.54) is 25.3 Å². The molecule has 1 saturated heterocycles. The van der Waals surface area contributed by atoms with Gasteiger partial charge < -0.3 is 9.47 Å². The molecule has 0 aromatic heterocycles. The number of esters is 1. The summed E-state index contributed by atoms with van der Waals surface area (Å²) in [6.45, 7) is 5.87. The summed E-state index contributed by atoms with van der Waals surface area (Å²) in [5.74, 6) is -0.406. The molecule has 182 valence electrons. The Morgan fingerprint density at radius 1 is 1.06 bits per heavy atom. The van der Waals surface area contributed by atoms with Crippen molar-refractivity contribution in [2.45, 2.75) is 39.3 Å². The highest BCUT2D eigenvalue weighted by molar-refractivity contribution is 6.30. The number of rotatable bonds is 7. The molecule has 0 atom stereocenters. The van der Waals surface area contributed by atoms with Gasteiger partial charge in [0.05, 0.1) is 18.1 Å². The van der Waals surface area contributed by atoms with E-state index >= 15 is 0 Å². The van der Waals surface area contributed by atoms with Gasteiger partial charge in [-0.1, -0.05) is 49.7 Å². The van der Waals surface area contributed by atoms with Crippen LogP contribution in [0.25, 0.3) is 0 Å². The first kappa shape index (κ1) is 27.0. The number of hydrogen-bond acceptors (Lipinski definition) is 4. The number of methoxy groups -OCH3 is 1. The normalized spacial score (nSPS) is 15.8. The molecule has 1 heterocycles. The second kappa shape index (κ2) is 12.3. The lowest BCUT2D eigenvalue weighted by atomic mass is 9.73. The molecule has 1 aliphatic heterocycles. The fraction of sp³-hybridized carbons (Fsp3) is 0.480. The highest BCUT2D eigenvalue weighted by Gasteiger charge is 2.42. The molecule has 2 aromatic carbocycles. The van der Waals surface area contributed by atoms with Gasteiger partial charge in [-0.25, -0.2) is 0 Å². The van der Waals surface area contributed by atoms with Crippen LogP contribution in [0.15, 0.2) is 48.5 Å². The van der Waals surface area contributed by atoms with Gasteiger partial charge in [0, 0.05) is 11.6 Å². The number of ether oxygens (including phenoxy) is 2. The Morgan fingerprint density at radius 3 is 2.24 bits per heavy atom. The first-order chi connectivity index (χ1) is 15.7. The van der Waals surface area contributed by atoms with Gasteiger partial charge in [0.2, 0.25) is 0 Å². The highest BCUT2D eigenvalue weighted by Crippen LogP contribution is 2.38. The number of carbonyl (C=O) groups excluding carboxylic acids is 1. The molecule has 0 unspecified atom stereocenters. The van der Waals surface area contributed by atoms with Gasteiger partial charge in [0.1, 0.15) is 12.4 Å². The van der Waals surface area contributed by atoms with Crippen molar-refractivity contribution in [3.8, 4) is 5.75 Å². The van der Waals surface area contributed by atoms with E-state index < -0.39 is 17.2 Å². The number of nitrogens with zero attached hydrogens (tertiary/aromatic N) is 1. The summed E-state index contributed by atoms with van der Waals surface area (Å²) < 4.78 is 49.8. The second-order valence-electron chi connectivity index (χ2n) is 7.76. The SMILES string of the molecule is CC.COC(=O)C1(Cc2ccc(Cl)cc2)CCN(CCOc2ccccc2C(F)(F)F)CC1. The third kappa shape index (κ3) is 7.37. The molecule has 0 saturated carbocycles. The predicted molar refractivity (Wildman–Crippen MR) is 124 cm³/mol. The van der Waals surface area contributed by atoms with Crippen molar-refractivity contribution >= 4 is 17.6 Å². The van der Waals surface area contributed by atoms with Crippen molar-refractivity contribution in [3.63, 3.8) is 0 Å². The summed E-state index contributed by atoms with van der Waals surface area (Å²) in [5.41, 5.74) is -0.389. The van der Waals surface area contributed by atoms with Crippen LogP contribution < -0.4 is 4.74 Å². The third-order valence-corrected chi connectivity index (χ3v) is 6.00. The Morgan fingerprint density at radius 2 is 1.67 bits per heavy atom. The Balaban J connectivity index is 0.00000187. The topological polar surface area (TPSA) is 38.8 Å². The third-order valence-electron chi connectivity index (χ3n) is 5.74. The van der Waals surface area contributed by atoms with Crippen molar-refractivity contribution < 1.29 is 27.4 Å². The Bertz CT molecular complexity index is 879. The van der Waals surface area contributed by atoms with Gasteiger partial charge in [-0.3, -0.25) is 9.69 Å². The van der Waals surface area contributed by atoms with Gasteiger partial charge in [-0.05, 0) is 62.2 Å². The fourth-order valence-corrected chi connectivity index (χ4v) is 4.10. The van der Waals surface area contributed by atoms with Gasteiger partial charge in [-0.2, -0.15) is 13.2 Å². The van der Waals surface area contributed by atoms with Crippen LogP contribution in [0.2, 0.25) is 5.02 Å². The summed E-state index contributed by atoms with van der Waals surface area (Å²) in [5, 5.41) is 0.637. The lowest BCUT2D eigenvalue weighted by molar-refractivity contribution is -0.156. The number of carbonyl (C=O) groups is 1. The molecule has 0 amide bonds. The van der Waals surface area contributed by atoms with E-state index in [1.54, 1.807) is 12.1 Å². The van der Waals surface area contributed by atoms with Gasteiger partial charge >= 0.3 is 12.1 Å². The number of para-hydroxylation sites is 1. The minimum absolute atomic E-state index is 0.134. The maximum Gasteiger partial charge on any atom is 0.419 e. The van der Waals surface area contributed by atoms with E-state index in [4.69, 9.17) is 21.1 Å². The van der Waals surface area contributed by atoms with Gasteiger partial charge in [0.25, 0.3) is 0 Å². The maximum atomic E-state index is 13.1. The number of likely N-dealkylation sites (tertiary alicyclic amines) is 1. The minimum Gasteiger partial charge on any atom is -0.492 e. The first-order valence-corrected chi connectivity index (χ1v) is 11.5. The van der Waals surface area contributed by atoms with Crippen LogP contribution in [0.4, 0.5) is 13.2 Å². The monoisotopic (exact) mass is 485 g/mol. The van der Waals surface area contributed by atoms with Crippen LogP contribution in [0.1, 0.15) is 37.8 Å². The van der Waals surface area contributed by atoms with E-state index in [-0.39, 0.29) is 18.3 Å². The molecule has 0 radical (unpaired) electrons. The predicted octanol–water partition coefficient (Wildman–Crippen LogP) is 6.26. The lowest BCUT2D eigenvalue weighted by Crippen LogP contribution is -2.47. The van der Waals surface area contributed by atoms with Crippen molar-refractivity contribution in [2.75, 3.05) is 33.4 Å². The Labute approximate surface area is 198 Å². The summed E-state index contributed by atoms with van der Waals surface area (Å²) in [4.78, 5) is 14.7. The van der Waals surface area contributed by atoms with E-state index in [2.05, 4.69) is 4.90 Å². The average molecular weight is 486 g/mol. The summed E-state index contributed by atoms with van der Waals surface area (Å²) in [6, 6.07) is 12.6. The fourth-order valence-electron chi connectivity index (χ4n) is 3.98. The van der Waals surface area contributed by atoms with E-state index in [1.807, 2.05) is 26.0 Å².